The van der Waals surface area contributed by atoms with E-state index in [0.29, 0.717) is 53.8 Å². The van der Waals surface area contributed by atoms with Crippen molar-refractivity contribution < 1.29 is 28.5 Å². The Kier molecular flexibility index (Phi) is 6.45. The lowest BCUT2D eigenvalue weighted by Gasteiger charge is -2.46. The van der Waals surface area contributed by atoms with Crippen LogP contribution in [0.3, 0.4) is 0 Å². The number of carbonyl (C=O) groups is 1. The van der Waals surface area contributed by atoms with Crippen LogP contribution in [-0.4, -0.2) is 59.9 Å². The van der Waals surface area contributed by atoms with E-state index >= 15 is 0 Å². The van der Waals surface area contributed by atoms with Gasteiger partial charge < -0.3 is 23.7 Å². The van der Waals surface area contributed by atoms with Gasteiger partial charge in [-0.05, 0) is 104 Å². The number of fused-ring (bicyclic) bond motifs is 3. The smallest absolute Gasteiger partial charge is 0.338 e. The second-order valence-electron chi connectivity index (χ2n) is 15.6. The first-order valence-electron chi connectivity index (χ1n) is 16.7. The van der Waals surface area contributed by atoms with Crippen LogP contribution >= 0.6 is 15.9 Å². The summed E-state index contributed by atoms with van der Waals surface area (Å²) in [4.78, 5) is 12.9. The fraction of sp³-hybridized carbons (Fsp3) is 0.800. The monoisotopic (exact) mass is 642 g/mol. The number of benzene rings is 1. The predicted molar refractivity (Wildman–Crippen MR) is 161 cm³/mol. The van der Waals surface area contributed by atoms with Crippen LogP contribution in [0, 0.1) is 35.0 Å². The van der Waals surface area contributed by atoms with Gasteiger partial charge in [-0.25, -0.2) is 4.79 Å². The van der Waals surface area contributed by atoms with Gasteiger partial charge in [0.1, 0.15) is 35.1 Å². The van der Waals surface area contributed by atoms with Gasteiger partial charge in [0.05, 0.1) is 24.4 Å². The molecular formula is C35H47BrO6. The lowest BCUT2D eigenvalue weighted by Crippen LogP contribution is -2.48. The maximum atomic E-state index is 12.9. The average Bonchev–Trinajstić information content (AvgIpc) is 3.80. The summed E-state index contributed by atoms with van der Waals surface area (Å²) in [5.41, 5.74) is 0.199. The minimum Gasteiger partial charge on any atom is -0.459 e. The maximum Gasteiger partial charge on any atom is 0.338 e. The summed E-state index contributed by atoms with van der Waals surface area (Å²) in [5, 5.41) is 0. The van der Waals surface area contributed by atoms with Gasteiger partial charge in [0.25, 0.3) is 0 Å². The Balaban J connectivity index is 0.959. The number of hydrogen-bond donors (Lipinski definition) is 0. The molecule has 4 aliphatic heterocycles. The number of hydrogen-bond acceptors (Lipinski definition) is 6. The topological polar surface area (TPSA) is 76.4 Å². The zero-order valence-electron chi connectivity index (χ0n) is 25.8. The predicted octanol–water partition coefficient (Wildman–Crippen LogP) is 7.11. The molecule has 0 amide bonds. The molecule has 0 N–H and O–H groups in total. The van der Waals surface area contributed by atoms with E-state index in [-0.39, 0.29) is 46.5 Å². The van der Waals surface area contributed by atoms with E-state index in [9.17, 15) is 4.79 Å². The Labute approximate surface area is 259 Å². The first-order valence-corrected chi connectivity index (χ1v) is 17.4. The van der Waals surface area contributed by atoms with E-state index in [1.807, 2.05) is 24.3 Å². The van der Waals surface area contributed by atoms with Crippen molar-refractivity contribution in [1.29, 1.82) is 0 Å². The van der Waals surface area contributed by atoms with Crippen LogP contribution in [0.5, 0.6) is 0 Å². The third kappa shape index (κ3) is 4.12. The minimum absolute atomic E-state index is 0.0380. The summed E-state index contributed by atoms with van der Waals surface area (Å²) in [5.74, 6) is 2.86. The third-order valence-electron chi connectivity index (χ3n) is 13.4. The quantitative estimate of drug-likeness (QED) is 0.233. The highest BCUT2D eigenvalue weighted by Crippen LogP contribution is 2.73. The standard InChI is InChI=1S/C35H47BrO6/c1-19(2)20(3)27-28(40-27)21(4)25-11-12-26-32(25,5)14-6-15-34(26)29(41-34)30-35(42-30)17-24(13-16-33(35)18-38-33)39-31(37)22-7-9-23(36)10-8-22/h7-10,19-21,24-30H,6,11-18H2,1-5H3/t20-,21+,24+,25-,26-,27-,28-,29+,30-,32-,33-,34+,35-/m1/s1. The Hall–Kier alpha value is -0.990. The molecular weight excluding hydrogens is 596 g/mol. The van der Waals surface area contributed by atoms with Gasteiger partial charge in [-0.3, -0.25) is 0 Å². The number of carbonyl (C=O) groups excluding carboxylic acids is 1. The second kappa shape index (κ2) is 9.51. The molecule has 1 aromatic rings. The highest BCUT2D eigenvalue weighted by atomic mass is 79.9. The van der Waals surface area contributed by atoms with Crippen molar-refractivity contribution in [2.75, 3.05) is 6.61 Å². The lowest BCUT2D eigenvalue weighted by atomic mass is 9.57. The Morgan fingerprint density at radius 1 is 0.976 bits per heavy atom. The van der Waals surface area contributed by atoms with E-state index in [2.05, 4.69) is 50.5 Å². The molecule has 3 spiro atoms. The van der Waals surface area contributed by atoms with Crippen LogP contribution in [-0.2, 0) is 23.7 Å². The van der Waals surface area contributed by atoms with Crippen molar-refractivity contribution in [3.05, 3.63) is 34.3 Å². The number of halogens is 1. The van der Waals surface area contributed by atoms with Gasteiger partial charge in [0.2, 0.25) is 0 Å². The molecule has 4 heterocycles. The summed E-state index contributed by atoms with van der Waals surface area (Å²) < 4.78 is 33.1. The maximum absolute atomic E-state index is 12.9. The van der Waals surface area contributed by atoms with E-state index in [1.54, 1.807) is 0 Å². The first kappa shape index (κ1) is 28.5. The highest BCUT2D eigenvalue weighted by molar-refractivity contribution is 9.10. The molecule has 7 heteroatoms. The van der Waals surface area contributed by atoms with E-state index < -0.39 is 0 Å². The number of epoxide rings is 4. The van der Waals surface area contributed by atoms with Crippen molar-refractivity contribution in [2.45, 2.75) is 133 Å². The van der Waals surface area contributed by atoms with Crippen molar-refractivity contribution in [2.24, 2.45) is 35.0 Å². The Bertz CT molecular complexity index is 1250. The van der Waals surface area contributed by atoms with Crippen molar-refractivity contribution >= 4 is 21.9 Å². The number of ether oxygens (including phenoxy) is 5. The molecule has 0 aromatic heterocycles. The van der Waals surface area contributed by atoms with E-state index in [4.69, 9.17) is 23.7 Å². The van der Waals surface area contributed by atoms with E-state index in [1.165, 1.54) is 25.7 Å². The van der Waals surface area contributed by atoms with Gasteiger partial charge in [0, 0.05) is 10.9 Å². The molecule has 230 valence electrons. The molecule has 1 aromatic carbocycles. The summed E-state index contributed by atoms with van der Waals surface area (Å²) in [6.45, 7) is 12.8. The van der Waals surface area contributed by atoms with Crippen LogP contribution in [0.4, 0.5) is 0 Å². The van der Waals surface area contributed by atoms with Crippen LogP contribution in [0.25, 0.3) is 0 Å². The molecule has 0 unspecified atom stereocenters. The SMILES string of the molecule is CC(C)[C@@H](C)[C@H]1O[C@@H]1[C@@H](C)[C@H]1CC[C@@H]2[C@]1(C)CCC[C@]21O[C@H]1[C@H]1O[C@]12C[C@@H](OC(=O)c1ccc(Br)cc1)CC[C@@]21CO1. The lowest BCUT2D eigenvalue weighted by molar-refractivity contribution is -0.00943. The normalized spacial score (nSPS) is 49.6. The fourth-order valence-corrected chi connectivity index (χ4v) is 10.7. The van der Waals surface area contributed by atoms with Gasteiger partial charge >= 0.3 is 5.97 Å². The molecule has 42 heavy (non-hydrogen) atoms. The zero-order valence-corrected chi connectivity index (χ0v) is 27.4. The van der Waals surface area contributed by atoms with Gasteiger partial charge in [-0.15, -0.1) is 0 Å². The molecule has 13 atom stereocenters. The number of rotatable bonds is 7. The summed E-state index contributed by atoms with van der Waals surface area (Å²) in [6.07, 6.45) is 9.41. The van der Waals surface area contributed by atoms with Crippen LogP contribution in [0.15, 0.2) is 28.7 Å². The van der Waals surface area contributed by atoms with Crippen LogP contribution in [0.2, 0.25) is 0 Å². The highest BCUT2D eigenvalue weighted by Gasteiger charge is 2.85. The molecule has 3 saturated carbocycles. The molecule has 0 bridgehead atoms. The summed E-state index contributed by atoms with van der Waals surface area (Å²) >= 11 is 3.44. The molecule has 7 fully saturated rings. The third-order valence-corrected chi connectivity index (χ3v) is 13.9. The van der Waals surface area contributed by atoms with Gasteiger partial charge in [-0.1, -0.05) is 50.5 Å². The number of esters is 1. The molecule has 6 nitrogen and oxygen atoms in total. The first-order chi connectivity index (χ1) is 20.0. The molecule has 3 aliphatic carbocycles. The van der Waals surface area contributed by atoms with Crippen molar-refractivity contribution in [3.8, 4) is 0 Å². The van der Waals surface area contributed by atoms with E-state index in [0.717, 1.165) is 30.3 Å². The largest absolute Gasteiger partial charge is 0.459 e. The summed E-state index contributed by atoms with van der Waals surface area (Å²) in [7, 11) is 0. The fourth-order valence-electron chi connectivity index (χ4n) is 10.4. The second-order valence-corrected chi connectivity index (χ2v) is 16.5. The minimum atomic E-state index is -0.384. The van der Waals surface area contributed by atoms with Crippen molar-refractivity contribution in [1.82, 2.24) is 0 Å². The zero-order chi connectivity index (χ0) is 29.2. The Morgan fingerprint density at radius 2 is 1.74 bits per heavy atom. The van der Waals surface area contributed by atoms with Crippen molar-refractivity contribution in [3.63, 3.8) is 0 Å². The van der Waals surface area contributed by atoms with Gasteiger partial charge in [-0.2, -0.15) is 0 Å². The van der Waals surface area contributed by atoms with Gasteiger partial charge in [0.15, 0.2) is 0 Å². The molecule has 7 aliphatic rings. The molecule has 8 rings (SSSR count). The Morgan fingerprint density at radius 3 is 2.45 bits per heavy atom. The summed E-state index contributed by atoms with van der Waals surface area (Å²) in [6, 6.07) is 7.38. The van der Waals surface area contributed by atoms with Crippen LogP contribution in [0.1, 0.15) is 96.3 Å². The molecule has 4 saturated heterocycles. The average molecular weight is 644 g/mol. The molecule has 0 radical (unpaired) electrons. The van der Waals surface area contributed by atoms with Crippen LogP contribution < -0.4 is 0 Å².